The monoisotopic (exact) mass is 262 g/mol. The first kappa shape index (κ1) is 12.2. The molecule has 0 radical (unpaired) electrons. The first-order chi connectivity index (χ1) is 9.16. The lowest BCUT2D eigenvalue weighted by Gasteiger charge is -2.26. The van der Waals surface area contributed by atoms with Gasteiger partial charge in [-0.25, -0.2) is 4.39 Å². The molecule has 1 saturated heterocycles. The molecular weight excluding hydrogens is 247 g/mol. The van der Waals surface area contributed by atoms with Crippen molar-refractivity contribution in [3.8, 4) is 0 Å². The average Bonchev–Trinajstić information content (AvgIpc) is 2.75. The van der Waals surface area contributed by atoms with Gasteiger partial charge in [-0.3, -0.25) is 4.79 Å². The normalized spacial score (nSPS) is 16.0. The number of amides is 1. The van der Waals surface area contributed by atoms with E-state index in [0.717, 1.165) is 10.9 Å². The standard InChI is InChI=1S/C14H15FN2O2/c1-9-11-3-2-10(15)8-12(11)16-13(9)14(18)17-4-6-19-7-5-17/h2-3,8,16H,4-7H2,1H3. The van der Waals surface area contributed by atoms with Gasteiger partial charge in [0.2, 0.25) is 0 Å². The lowest BCUT2D eigenvalue weighted by Crippen LogP contribution is -2.41. The van der Waals surface area contributed by atoms with Crippen LogP contribution in [0.4, 0.5) is 4.39 Å². The van der Waals surface area contributed by atoms with E-state index >= 15 is 0 Å². The molecule has 4 nitrogen and oxygen atoms in total. The van der Waals surface area contributed by atoms with E-state index in [0.29, 0.717) is 37.5 Å². The number of H-pyrrole nitrogens is 1. The molecule has 0 bridgehead atoms. The van der Waals surface area contributed by atoms with E-state index in [-0.39, 0.29) is 11.7 Å². The molecule has 1 N–H and O–H groups in total. The van der Waals surface area contributed by atoms with Crippen molar-refractivity contribution in [2.24, 2.45) is 0 Å². The zero-order valence-electron chi connectivity index (χ0n) is 10.7. The number of carbonyl (C=O) groups is 1. The number of aromatic nitrogens is 1. The summed E-state index contributed by atoms with van der Waals surface area (Å²) in [5.41, 5.74) is 2.07. The van der Waals surface area contributed by atoms with Crippen LogP contribution in [0.3, 0.4) is 0 Å². The Hall–Kier alpha value is -1.88. The van der Waals surface area contributed by atoms with Crippen molar-refractivity contribution >= 4 is 16.8 Å². The van der Waals surface area contributed by atoms with Crippen molar-refractivity contribution in [3.63, 3.8) is 0 Å². The maximum atomic E-state index is 13.2. The molecule has 0 atom stereocenters. The molecule has 0 spiro atoms. The molecular formula is C14H15FN2O2. The third kappa shape index (κ3) is 2.10. The fourth-order valence-corrected chi connectivity index (χ4v) is 2.45. The van der Waals surface area contributed by atoms with Crippen LogP contribution in [0.5, 0.6) is 0 Å². The highest BCUT2D eigenvalue weighted by atomic mass is 19.1. The van der Waals surface area contributed by atoms with E-state index in [1.54, 1.807) is 11.0 Å². The van der Waals surface area contributed by atoms with Crippen LogP contribution in [-0.2, 0) is 4.74 Å². The average molecular weight is 262 g/mol. The second-order valence-corrected chi connectivity index (χ2v) is 4.72. The minimum atomic E-state index is -0.306. The Morgan fingerprint density at radius 3 is 2.84 bits per heavy atom. The number of morpholine rings is 1. The number of hydrogen-bond donors (Lipinski definition) is 1. The summed E-state index contributed by atoms with van der Waals surface area (Å²) in [6.45, 7) is 4.22. The third-order valence-electron chi connectivity index (χ3n) is 3.53. The van der Waals surface area contributed by atoms with Crippen molar-refractivity contribution in [2.75, 3.05) is 26.3 Å². The number of rotatable bonds is 1. The maximum Gasteiger partial charge on any atom is 0.270 e. The first-order valence-corrected chi connectivity index (χ1v) is 6.31. The number of hydrogen-bond acceptors (Lipinski definition) is 2. The summed E-state index contributed by atoms with van der Waals surface area (Å²) in [5, 5.41) is 0.887. The molecule has 0 saturated carbocycles. The minimum Gasteiger partial charge on any atom is -0.378 e. The summed E-state index contributed by atoms with van der Waals surface area (Å²) in [4.78, 5) is 17.2. The molecule has 1 amide bonds. The number of nitrogens with zero attached hydrogens (tertiary/aromatic N) is 1. The van der Waals surface area contributed by atoms with E-state index in [9.17, 15) is 9.18 Å². The highest BCUT2D eigenvalue weighted by Gasteiger charge is 2.22. The van der Waals surface area contributed by atoms with E-state index in [1.807, 2.05) is 6.92 Å². The second-order valence-electron chi connectivity index (χ2n) is 4.72. The van der Waals surface area contributed by atoms with Gasteiger partial charge >= 0.3 is 0 Å². The Labute approximate surface area is 110 Å². The summed E-state index contributed by atoms with van der Waals surface area (Å²) in [7, 11) is 0. The zero-order valence-corrected chi connectivity index (χ0v) is 10.7. The van der Waals surface area contributed by atoms with E-state index < -0.39 is 0 Å². The van der Waals surface area contributed by atoms with Gasteiger partial charge in [-0.05, 0) is 30.7 Å². The Balaban J connectivity index is 2.00. The number of carbonyl (C=O) groups excluding carboxylic acids is 1. The molecule has 19 heavy (non-hydrogen) atoms. The lowest BCUT2D eigenvalue weighted by atomic mass is 10.1. The quantitative estimate of drug-likeness (QED) is 0.855. The van der Waals surface area contributed by atoms with E-state index in [4.69, 9.17) is 4.74 Å². The molecule has 1 aromatic carbocycles. The summed E-state index contributed by atoms with van der Waals surface area (Å²) in [5.74, 6) is -0.350. The van der Waals surface area contributed by atoms with Crippen LogP contribution in [0.25, 0.3) is 10.9 Å². The van der Waals surface area contributed by atoms with E-state index in [1.165, 1.54) is 12.1 Å². The van der Waals surface area contributed by atoms with Gasteiger partial charge in [-0.1, -0.05) is 0 Å². The van der Waals surface area contributed by atoms with Gasteiger partial charge in [0.1, 0.15) is 11.5 Å². The van der Waals surface area contributed by atoms with Crippen LogP contribution < -0.4 is 0 Å². The Bertz CT molecular complexity index is 630. The van der Waals surface area contributed by atoms with Gasteiger partial charge in [-0.2, -0.15) is 0 Å². The maximum absolute atomic E-state index is 13.2. The highest BCUT2D eigenvalue weighted by Crippen LogP contribution is 2.23. The Morgan fingerprint density at radius 2 is 2.11 bits per heavy atom. The second kappa shape index (κ2) is 4.66. The first-order valence-electron chi connectivity index (χ1n) is 6.31. The number of benzene rings is 1. The number of aromatic amines is 1. The van der Waals surface area contributed by atoms with Crippen LogP contribution in [0, 0.1) is 12.7 Å². The molecule has 1 fully saturated rings. The molecule has 2 aromatic rings. The molecule has 1 aliphatic rings. The van der Waals surface area contributed by atoms with Gasteiger partial charge in [-0.15, -0.1) is 0 Å². The van der Waals surface area contributed by atoms with Crippen LogP contribution in [-0.4, -0.2) is 42.1 Å². The van der Waals surface area contributed by atoms with Gasteiger partial charge in [0, 0.05) is 24.0 Å². The summed E-state index contributed by atoms with van der Waals surface area (Å²) in [6.07, 6.45) is 0. The number of halogens is 1. The number of ether oxygens (including phenoxy) is 1. The topological polar surface area (TPSA) is 45.3 Å². The number of aryl methyl sites for hydroxylation is 1. The summed E-state index contributed by atoms with van der Waals surface area (Å²) in [6, 6.07) is 4.52. The molecule has 100 valence electrons. The molecule has 0 aliphatic carbocycles. The van der Waals surface area contributed by atoms with Crippen LogP contribution >= 0.6 is 0 Å². The van der Waals surface area contributed by atoms with Crippen molar-refractivity contribution in [1.29, 1.82) is 0 Å². The van der Waals surface area contributed by atoms with Crippen molar-refractivity contribution in [3.05, 3.63) is 35.3 Å². The molecule has 0 unspecified atom stereocenters. The Morgan fingerprint density at radius 1 is 1.37 bits per heavy atom. The van der Waals surface area contributed by atoms with Gasteiger partial charge < -0.3 is 14.6 Å². The molecule has 3 rings (SSSR count). The number of fused-ring (bicyclic) bond motifs is 1. The fourth-order valence-electron chi connectivity index (χ4n) is 2.45. The fraction of sp³-hybridized carbons (Fsp3) is 0.357. The van der Waals surface area contributed by atoms with Crippen molar-refractivity contribution < 1.29 is 13.9 Å². The molecule has 1 aliphatic heterocycles. The molecule has 5 heteroatoms. The molecule has 1 aromatic heterocycles. The van der Waals surface area contributed by atoms with Gasteiger partial charge in [0.05, 0.1) is 13.2 Å². The Kier molecular flexibility index (Phi) is 2.98. The zero-order chi connectivity index (χ0) is 13.4. The summed E-state index contributed by atoms with van der Waals surface area (Å²) < 4.78 is 18.4. The SMILES string of the molecule is Cc1c(C(=O)N2CCOCC2)[nH]c2cc(F)ccc12. The lowest BCUT2D eigenvalue weighted by molar-refractivity contribution is 0.0299. The predicted octanol–water partition coefficient (Wildman–Crippen LogP) is 2.09. The highest BCUT2D eigenvalue weighted by molar-refractivity contribution is 6.00. The van der Waals surface area contributed by atoms with Crippen molar-refractivity contribution in [2.45, 2.75) is 6.92 Å². The number of nitrogens with one attached hydrogen (secondary N) is 1. The largest absolute Gasteiger partial charge is 0.378 e. The van der Waals surface area contributed by atoms with E-state index in [2.05, 4.69) is 4.98 Å². The van der Waals surface area contributed by atoms with Crippen LogP contribution in [0.15, 0.2) is 18.2 Å². The minimum absolute atomic E-state index is 0.0441. The third-order valence-corrected chi connectivity index (χ3v) is 3.53. The van der Waals surface area contributed by atoms with Gasteiger partial charge in [0.25, 0.3) is 5.91 Å². The molecule has 2 heterocycles. The van der Waals surface area contributed by atoms with Crippen molar-refractivity contribution in [1.82, 2.24) is 9.88 Å². The van der Waals surface area contributed by atoms with Gasteiger partial charge in [0.15, 0.2) is 0 Å². The van der Waals surface area contributed by atoms with Crippen LogP contribution in [0.2, 0.25) is 0 Å². The van der Waals surface area contributed by atoms with Crippen LogP contribution in [0.1, 0.15) is 16.1 Å². The predicted molar refractivity (Wildman–Crippen MR) is 69.7 cm³/mol. The summed E-state index contributed by atoms with van der Waals surface area (Å²) >= 11 is 0. The smallest absolute Gasteiger partial charge is 0.270 e.